The van der Waals surface area contributed by atoms with E-state index in [4.69, 9.17) is 14.2 Å². The fourth-order valence-corrected chi connectivity index (χ4v) is 3.29. The number of aryl methyl sites for hydroxylation is 2. The lowest BCUT2D eigenvalue weighted by Gasteiger charge is -2.24. The van der Waals surface area contributed by atoms with Crippen molar-refractivity contribution in [3.8, 4) is 11.5 Å². The number of ether oxygens (including phenoxy) is 3. The summed E-state index contributed by atoms with van der Waals surface area (Å²) in [6, 6.07) is 8.91. The molecule has 6 heteroatoms. The largest absolute Gasteiger partial charge is 0.485 e. The van der Waals surface area contributed by atoms with Crippen LogP contribution in [0.5, 0.6) is 11.5 Å². The summed E-state index contributed by atoms with van der Waals surface area (Å²) in [6.07, 6.45) is -0.858. The molecule has 120 valence electrons. The van der Waals surface area contributed by atoms with Crippen LogP contribution in [-0.2, 0) is 9.53 Å². The molecule has 1 atom stereocenters. The molecule has 1 aromatic heterocycles. The number of fused-ring (bicyclic) bond motifs is 1. The average molecular weight is 332 g/mol. The molecule has 3 rings (SSSR count). The molecular weight excluding hydrogens is 316 g/mol. The minimum absolute atomic E-state index is 0.0701. The number of esters is 1. The van der Waals surface area contributed by atoms with E-state index in [1.807, 2.05) is 26.0 Å². The summed E-state index contributed by atoms with van der Waals surface area (Å²) < 4.78 is 16.1. The van der Waals surface area contributed by atoms with Crippen LogP contribution in [0.2, 0.25) is 0 Å². The van der Waals surface area contributed by atoms with E-state index in [1.165, 1.54) is 0 Å². The number of benzene rings is 1. The number of rotatable bonds is 4. The van der Waals surface area contributed by atoms with Crippen molar-refractivity contribution in [2.24, 2.45) is 0 Å². The Kier molecular flexibility index (Phi) is 4.34. The minimum atomic E-state index is -0.858. The van der Waals surface area contributed by atoms with Crippen LogP contribution >= 0.6 is 11.3 Å². The van der Waals surface area contributed by atoms with Gasteiger partial charge in [-0.3, -0.25) is 4.79 Å². The van der Waals surface area contributed by atoms with Gasteiger partial charge in [0.15, 0.2) is 18.1 Å². The monoisotopic (exact) mass is 332 g/mol. The van der Waals surface area contributed by atoms with Gasteiger partial charge in [0.25, 0.3) is 0 Å². The number of carbonyl (C=O) groups is 2. The lowest BCUT2D eigenvalue weighted by Crippen LogP contribution is -2.38. The first-order valence-corrected chi connectivity index (χ1v) is 8.01. The van der Waals surface area contributed by atoms with Crippen molar-refractivity contribution < 1.29 is 23.8 Å². The van der Waals surface area contributed by atoms with Crippen molar-refractivity contribution in [1.82, 2.24) is 0 Å². The molecular formula is C17H16O5S. The smallest absolute Gasteiger partial charge is 0.351 e. The van der Waals surface area contributed by atoms with E-state index >= 15 is 0 Å². The molecule has 1 aliphatic rings. The van der Waals surface area contributed by atoms with Crippen molar-refractivity contribution in [2.75, 3.05) is 13.2 Å². The summed E-state index contributed by atoms with van der Waals surface area (Å²) in [4.78, 5) is 26.2. The number of Topliss-reactive ketones (excluding diaryl/α,β-unsaturated/α-hetero) is 1. The topological polar surface area (TPSA) is 61.8 Å². The molecule has 0 N–H and O–H groups in total. The fourth-order valence-electron chi connectivity index (χ4n) is 2.35. The Morgan fingerprint density at radius 1 is 1.26 bits per heavy atom. The van der Waals surface area contributed by atoms with Crippen molar-refractivity contribution in [3.05, 3.63) is 45.6 Å². The molecule has 23 heavy (non-hydrogen) atoms. The summed E-state index contributed by atoms with van der Waals surface area (Å²) in [5, 5.41) is 0. The molecule has 2 aromatic rings. The number of hydrogen-bond donors (Lipinski definition) is 0. The molecule has 0 fully saturated rings. The van der Waals surface area contributed by atoms with E-state index in [0.29, 0.717) is 17.1 Å². The van der Waals surface area contributed by atoms with Crippen LogP contribution in [0.4, 0.5) is 0 Å². The van der Waals surface area contributed by atoms with Gasteiger partial charge in [-0.25, -0.2) is 4.79 Å². The van der Waals surface area contributed by atoms with Gasteiger partial charge < -0.3 is 14.2 Å². The second kappa shape index (κ2) is 6.42. The summed E-state index contributed by atoms with van der Waals surface area (Å²) in [5.41, 5.74) is 0.603. The van der Waals surface area contributed by atoms with Crippen LogP contribution in [0, 0.1) is 13.8 Å². The Hall–Kier alpha value is -2.34. The third-order valence-electron chi connectivity index (χ3n) is 3.46. The molecule has 1 aromatic carbocycles. The van der Waals surface area contributed by atoms with Crippen LogP contribution in [0.15, 0.2) is 30.3 Å². The van der Waals surface area contributed by atoms with Gasteiger partial charge in [-0.2, -0.15) is 0 Å². The third kappa shape index (κ3) is 3.37. The average Bonchev–Trinajstić information content (AvgIpc) is 2.90. The Bertz CT molecular complexity index is 749. The minimum Gasteiger partial charge on any atom is -0.485 e. The molecule has 2 heterocycles. The Morgan fingerprint density at radius 2 is 2.00 bits per heavy atom. The van der Waals surface area contributed by atoms with E-state index in [0.717, 1.165) is 9.75 Å². The zero-order valence-electron chi connectivity index (χ0n) is 12.8. The van der Waals surface area contributed by atoms with Gasteiger partial charge in [-0.05, 0) is 32.0 Å². The molecule has 0 saturated carbocycles. The summed E-state index contributed by atoms with van der Waals surface area (Å²) in [5.74, 6) is 0.281. The highest BCUT2D eigenvalue weighted by atomic mass is 32.1. The summed E-state index contributed by atoms with van der Waals surface area (Å²) >= 11 is 1.55. The van der Waals surface area contributed by atoms with Crippen molar-refractivity contribution in [3.63, 3.8) is 0 Å². The van der Waals surface area contributed by atoms with Crippen LogP contribution < -0.4 is 9.47 Å². The number of thiophene rings is 1. The predicted molar refractivity (Wildman–Crippen MR) is 85.4 cm³/mol. The van der Waals surface area contributed by atoms with Gasteiger partial charge in [-0.15, -0.1) is 11.3 Å². The van der Waals surface area contributed by atoms with Gasteiger partial charge in [0, 0.05) is 15.3 Å². The lowest BCUT2D eigenvalue weighted by molar-refractivity contribution is -0.153. The summed E-state index contributed by atoms with van der Waals surface area (Å²) in [6.45, 7) is 3.59. The fraction of sp³-hybridized carbons (Fsp3) is 0.294. The normalized spacial score (nSPS) is 16.0. The molecule has 0 bridgehead atoms. The molecule has 0 aliphatic carbocycles. The zero-order chi connectivity index (χ0) is 16.4. The molecule has 0 radical (unpaired) electrons. The van der Waals surface area contributed by atoms with Crippen LogP contribution in [0.3, 0.4) is 0 Å². The van der Waals surface area contributed by atoms with E-state index in [-0.39, 0.29) is 19.0 Å². The molecule has 0 saturated heterocycles. The van der Waals surface area contributed by atoms with Gasteiger partial charge in [0.1, 0.15) is 6.61 Å². The van der Waals surface area contributed by atoms with Gasteiger partial charge in [0.05, 0.1) is 0 Å². The Balaban J connectivity index is 1.58. The maximum atomic E-state index is 12.1. The van der Waals surface area contributed by atoms with Crippen molar-refractivity contribution >= 4 is 23.1 Å². The number of carbonyl (C=O) groups excluding carboxylic acids is 2. The highest BCUT2D eigenvalue weighted by Crippen LogP contribution is 2.31. The van der Waals surface area contributed by atoms with Gasteiger partial charge in [0.2, 0.25) is 11.9 Å². The molecule has 0 amide bonds. The zero-order valence-corrected chi connectivity index (χ0v) is 13.6. The first kappa shape index (κ1) is 15.6. The number of ketones is 1. The number of para-hydroxylation sites is 2. The highest BCUT2D eigenvalue weighted by molar-refractivity contribution is 7.12. The van der Waals surface area contributed by atoms with Crippen molar-refractivity contribution in [1.29, 1.82) is 0 Å². The Labute approximate surface area is 137 Å². The first-order chi connectivity index (χ1) is 11.0. The second-order valence-electron chi connectivity index (χ2n) is 5.22. The molecule has 5 nitrogen and oxygen atoms in total. The first-order valence-electron chi connectivity index (χ1n) is 7.20. The SMILES string of the molecule is Cc1cc(C(=O)COC(=O)[C@@H]2COc3ccccc3O2)c(C)s1. The van der Waals surface area contributed by atoms with Gasteiger partial charge in [-0.1, -0.05) is 12.1 Å². The maximum absolute atomic E-state index is 12.1. The van der Waals surface area contributed by atoms with Gasteiger partial charge >= 0.3 is 5.97 Å². The summed E-state index contributed by atoms with van der Waals surface area (Å²) in [7, 11) is 0. The van der Waals surface area contributed by atoms with Crippen LogP contribution in [0.25, 0.3) is 0 Å². The predicted octanol–water partition coefficient (Wildman–Crippen LogP) is 2.93. The molecule has 1 aliphatic heterocycles. The van der Waals surface area contributed by atoms with Crippen LogP contribution in [0.1, 0.15) is 20.1 Å². The van der Waals surface area contributed by atoms with E-state index < -0.39 is 12.1 Å². The third-order valence-corrected chi connectivity index (χ3v) is 4.42. The quantitative estimate of drug-likeness (QED) is 0.636. The molecule has 0 unspecified atom stereocenters. The van der Waals surface area contributed by atoms with Crippen molar-refractivity contribution in [2.45, 2.75) is 20.0 Å². The number of hydrogen-bond acceptors (Lipinski definition) is 6. The lowest BCUT2D eigenvalue weighted by atomic mass is 10.2. The van der Waals surface area contributed by atoms with E-state index in [2.05, 4.69) is 0 Å². The molecule has 0 spiro atoms. The Morgan fingerprint density at radius 3 is 2.70 bits per heavy atom. The van der Waals surface area contributed by atoms with E-state index in [9.17, 15) is 9.59 Å². The van der Waals surface area contributed by atoms with E-state index in [1.54, 1.807) is 29.5 Å². The highest BCUT2D eigenvalue weighted by Gasteiger charge is 2.29. The van der Waals surface area contributed by atoms with Crippen LogP contribution in [-0.4, -0.2) is 31.1 Å². The maximum Gasteiger partial charge on any atom is 0.351 e. The standard InChI is InChI=1S/C17H16O5S/c1-10-7-12(11(2)23-10)13(18)8-21-17(19)16-9-20-14-5-3-4-6-15(14)22-16/h3-7,16H,8-9H2,1-2H3/t16-/m0/s1. The second-order valence-corrected chi connectivity index (χ2v) is 6.68.